The second-order valence-corrected chi connectivity index (χ2v) is 6.05. The van der Waals surface area contributed by atoms with Crippen molar-refractivity contribution in [2.24, 2.45) is 0 Å². The van der Waals surface area contributed by atoms with Gasteiger partial charge in [0.25, 0.3) is 0 Å². The first-order valence-corrected chi connectivity index (χ1v) is 8.69. The van der Waals surface area contributed by atoms with E-state index in [1.165, 1.54) is 0 Å². The molecule has 4 rings (SSSR count). The maximum atomic E-state index is 5.98. The molecule has 0 saturated carbocycles. The van der Waals surface area contributed by atoms with Gasteiger partial charge < -0.3 is 21.1 Å². The van der Waals surface area contributed by atoms with Gasteiger partial charge in [-0.05, 0) is 35.9 Å². The number of hydrogen-bond acceptors (Lipinski definition) is 8. The molecule has 8 nitrogen and oxygen atoms in total. The highest BCUT2D eigenvalue weighted by Gasteiger charge is 2.08. The van der Waals surface area contributed by atoms with E-state index in [-0.39, 0.29) is 0 Å². The van der Waals surface area contributed by atoms with E-state index in [0.717, 1.165) is 16.5 Å². The fourth-order valence-electron chi connectivity index (χ4n) is 2.78. The Morgan fingerprint density at radius 1 is 1.00 bits per heavy atom. The molecule has 1 aromatic carbocycles. The number of benzene rings is 1. The first kappa shape index (κ1) is 17.5. The minimum absolute atomic E-state index is 0.320. The Hall–Kier alpha value is -3.94. The minimum Gasteiger partial charge on any atom is -0.493 e. The van der Waals surface area contributed by atoms with Crippen molar-refractivity contribution < 1.29 is 4.74 Å². The summed E-state index contributed by atoms with van der Waals surface area (Å²) in [6.07, 6.45) is 5.01. The van der Waals surface area contributed by atoms with Crippen LogP contribution in [0.15, 0.2) is 61.1 Å². The van der Waals surface area contributed by atoms with Crippen LogP contribution in [-0.2, 0) is 6.54 Å². The van der Waals surface area contributed by atoms with Crippen LogP contribution in [0.2, 0.25) is 0 Å². The van der Waals surface area contributed by atoms with E-state index in [4.69, 9.17) is 10.5 Å². The van der Waals surface area contributed by atoms with Crippen molar-refractivity contribution in [2.45, 2.75) is 6.54 Å². The van der Waals surface area contributed by atoms with Crippen LogP contribution in [-0.4, -0.2) is 27.0 Å². The fourth-order valence-corrected chi connectivity index (χ4v) is 2.78. The standard InChI is InChI=1S/C20H19N7O/c1-28-16-5-3-9-23-19(16)26-17-12-24-18(21)20(27-17)25-11-13-6-7-15-14(10-13)4-2-8-22-15/h2-10,12H,11H2,1H3,(H2,21,24)(H2,23,25,26,27). The number of anilines is 4. The Balaban J connectivity index is 1.52. The van der Waals surface area contributed by atoms with Crippen LogP contribution < -0.4 is 21.1 Å². The van der Waals surface area contributed by atoms with Crippen molar-refractivity contribution in [3.05, 3.63) is 66.6 Å². The molecule has 0 amide bonds. The molecule has 0 aliphatic carbocycles. The summed E-state index contributed by atoms with van der Waals surface area (Å²) in [6, 6.07) is 13.7. The Bertz CT molecular complexity index is 1120. The maximum Gasteiger partial charge on any atom is 0.174 e. The Morgan fingerprint density at radius 2 is 1.86 bits per heavy atom. The monoisotopic (exact) mass is 373 g/mol. The highest BCUT2D eigenvalue weighted by atomic mass is 16.5. The zero-order valence-electron chi connectivity index (χ0n) is 15.3. The summed E-state index contributed by atoms with van der Waals surface area (Å²) in [4.78, 5) is 17.3. The predicted molar refractivity (Wildman–Crippen MR) is 110 cm³/mol. The van der Waals surface area contributed by atoms with Crippen LogP contribution in [0.5, 0.6) is 5.75 Å². The van der Waals surface area contributed by atoms with Gasteiger partial charge in [0.2, 0.25) is 0 Å². The predicted octanol–water partition coefficient (Wildman–Crippen LogP) is 3.37. The first-order valence-electron chi connectivity index (χ1n) is 8.69. The maximum absolute atomic E-state index is 5.98. The molecule has 0 spiro atoms. The molecular weight excluding hydrogens is 354 g/mol. The Labute approximate surface area is 161 Å². The van der Waals surface area contributed by atoms with Crippen LogP contribution >= 0.6 is 0 Å². The van der Waals surface area contributed by atoms with Gasteiger partial charge in [-0.2, -0.15) is 0 Å². The molecule has 3 heterocycles. The number of hydrogen-bond donors (Lipinski definition) is 3. The summed E-state index contributed by atoms with van der Waals surface area (Å²) >= 11 is 0. The second-order valence-electron chi connectivity index (χ2n) is 6.05. The third-order valence-electron chi connectivity index (χ3n) is 4.17. The summed E-state index contributed by atoms with van der Waals surface area (Å²) in [7, 11) is 1.59. The van der Waals surface area contributed by atoms with E-state index in [0.29, 0.717) is 35.6 Å². The van der Waals surface area contributed by atoms with Gasteiger partial charge in [0.15, 0.2) is 29.0 Å². The number of nitrogens with zero attached hydrogens (tertiary/aromatic N) is 4. The van der Waals surface area contributed by atoms with Crippen molar-refractivity contribution in [1.82, 2.24) is 19.9 Å². The summed E-state index contributed by atoms with van der Waals surface area (Å²) in [5.41, 5.74) is 8.03. The average Bonchev–Trinajstić information content (AvgIpc) is 2.74. The zero-order valence-corrected chi connectivity index (χ0v) is 15.3. The fraction of sp³-hybridized carbons (Fsp3) is 0.100. The van der Waals surface area contributed by atoms with E-state index in [9.17, 15) is 0 Å². The van der Waals surface area contributed by atoms with E-state index < -0.39 is 0 Å². The molecule has 0 atom stereocenters. The lowest BCUT2D eigenvalue weighted by molar-refractivity contribution is 0.415. The number of nitrogen functional groups attached to an aromatic ring is 1. The van der Waals surface area contributed by atoms with E-state index in [1.807, 2.05) is 30.3 Å². The summed E-state index contributed by atoms with van der Waals surface area (Å²) < 4.78 is 5.29. The zero-order chi connectivity index (χ0) is 19.3. The lowest BCUT2D eigenvalue weighted by Crippen LogP contribution is -2.08. The van der Waals surface area contributed by atoms with Crippen molar-refractivity contribution in [3.63, 3.8) is 0 Å². The number of fused-ring (bicyclic) bond motifs is 1. The van der Waals surface area contributed by atoms with Crippen molar-refractivity contribution >= 4 is 34.2 Å². The Morgan fingerprint density at radius 3 is 2.75 bits per heavy atom. The molecule has 0 aliphatic heterocycles. The smallest absolute Gasteiger partial charge is 0.174 e. The molecule has 0 unspecified atom stereocenters. The SMILES string of the molecule is COc1cccnc1Nc1cnc(N)c(NCc2ccc3ncccc3c2)n1. The third kappa shape index (κ3) is 3.75. The summed E-state index contributed by atoms with van der Waals surface area (Å²) in [6.45, 7) is 0.556. The average molecular weight is 373 g/mol. The lowest BCUT2D eigenvalue weighted by atomic mass is 10.1. The van der Waals surface area contributed by atoms with Crippen molar-refractivity contribution in [2.75, 3.05) is 23.5 Å². The van der Waals surface area contributed by atoms with Crippen LogP contribution in [0.3, 0.4) is 0 Å². The van der Waals surface area contributed by atoms with Gasteiger partial charge in [0, 0.05) is 24.3 Å². The normalized spacial score (nSPS) is 10.6. The number of rotatable bonds is 6. The number of pyridine rings is 2. The van der Waals surface area contributed by atoms with E-state index in [2.05, 4.69) is 36.6 Å². The van der Waals surface area contributed by atoms with Gasteiger partial charge in [0.05, 0.1) is 18.8 Å². The summed E-state index contributed by atoms with van der Waals surface area (Å²) in [5, 5.41) is 7.42. The molecule has 0 saturated heterocycles. The first-order chi connectivity index (χ1) is 13.7. The van der Waals surface area contributed by atoms with Crippen molar-refractivity contribution in [1.29, 1.82) is 0 Å². The number of methoxy groups -OCH3 is 1. The quantitative estimate of drug-likeness (QED) is 0.472. The molecule has 0 bridgehead atoms. The number of aromatic nitrogens is 4. The highest BCUT2D eigenvalue weighted by Crippen LogP contribution is 2.25. The topological polar surface area (TPSA) is 111 Å². The molecule has 0 fully saturated rings. The summed E-state index contributed by atoms with van der Waals surface area (Å²) in [5.74, 6) is 2.49. The third-order valence-corrected chi connectivity index (χ3v) is 4.17. The highest BCUT2D eigenvalue weighted by molar-refractivity contribution is 5.79. The number of ether oxygens (including phenoxy) is 1. The van der Waals surface area contributed by atoms with Crippen LogP contribution in [0.25, 0.3) is 10.9 Å². The molecule has 0 radical (unpaired) electrons. The molecule has 140 valence electrons. The van der Waals surface area contributed by atoms with Gasteiger partial charge in [-0.1, -0.05) is 12.1 Å². The van der Waals surface area contributed by atoms with Gasteiger partial charge in [-0.3, -0.25) is 4.98 Å². The molecular formula is C20H19N7O. The second kappa shape index (κ2) is 7.75. The van der Waals surface area contributed by atoms with Gasteiger partial charge in [-0.15, -0.1) is 0 Å². The molecule has 28 heavy (non-hydrogen) atoms. The van der Waals surface area contributed by atoms with E-state index >= 15 is 0 Å². The molecule has 4 N–H and O–H groups in total. The number of nitrogens with one attached hydrogen (secondary N) is 2. The Kier molecular flexibility index (Phi) is 4.83. The molecule has 8 heteroatoms. The number of nitrogens with two attached hydrogens (primary N) is 1. The van der Waals surface area contributed by atoms with Crippen LogP contribution in [0.1, 0.15) is 5.56 Å². The van der Waals surface area contributed by atoms with E-state index in [1.54, 1.807) is 31.8 Å². The van der Waals surface area contributed by atoms with Gasteiger partial charge >= 0.3 is 0 Å². The van der Waals surface area contributed by atoms with Crippen LogP contribution in [0, 0.1) is 0 Å². The van der Waals surface area contributed by atoms with Gasteiger partial charge in [-0.25, -0.2) is 15.0 Å². The van der Waals surface area contributed by atoms with Crippen LogP contribution in [0.4, 0.5) is 23.3 Å². The minimum atomic E-state index is 0.320. The lowest BCUT2D eigenvalue weighted by Gasteiger charge is -2.12. The molecule has 4 aromatic rings. The van der Waals surface area contributed by atoms with Gasteiger partial charge in [0.1, 0.15) is 0 Å². The molecule has 3 aromatic heterocycles. The largest absolute Gasteiger partial charge is 0.493 e. The van der Waals surface area contributed by atoms with Crippen molar-refractivity contribution in [3.8, 4) is 5.75 Å². The molecule has 0 aliphatic rings.